The molecule has 4 heteroatoms. The number of pyridine rings is 1. The molecule has 49 heavy (non-hydrogen) atoms. The van der Waals surface area contributed by atoms with Gasteiger partial charge in [-0.05, 0) is 95.9 Å². The van der Waals surface area contributed by atoms with Gasteiger partial charge in [-0.15, -0.1) is 0 Å². The SMILES string of the molecule is N=C1C=C(c2c3ccccc3c(-c3ccc4ccccc4c3)c3ccccc23)C=C/C1=N/Nc1ccc(-c2cccnc2)c2ccccc12. The van der Waals surface area contributed by atoms with Gasteiger partial charge in [0.15, 0.2) is 0 Å². The van der Waals surface area contributed by atoms with Crippen molar-refractivity contribution in [3.63, 3.8) is 0 Å². The number of hydrogen-bond acceptors (Lipinski definition) is 4. The van der Waals surface area contributed by atoms with Gasteiger partial charge in [0.25, 0.3) is 0 Å². The summed E-state index contributed by atoms with van der Waals surface area (Å²) >= 11 is 0. The van der Waals surface area contributed by atoms with Crippen LogP contribution in [0.3, 0.4) is 0 Å². The standard InChI is InChI=1S/C45H30N4/c46-41-27-32(21-23-43(41)49-48-42-24-22-34(33-12-9-25-47-28-33)35-13-3-4-14-36(35)42)45-39-17-7-5-15-37(39)44(38-16-6-8-18-40(38)45)31-20-19-29-10-1-2-11-30(29)26-31/h1-28,46,48H/b46-41?,49-43-. The first kappa shape index (κ1) is 28.6. The Morgan fingerprint density at radius 2 is 1.18 bits per heavy atom. The maximum Gasteiger partial charge on any atom is 0.108 e. The third kappa shape index (κ3) is 4.98. The average Bonchev–Trinajstić information content (AvgIpc) is 3.16. The van der Waals surface area contributed by atoms with Gasteiger partial charge in [0.1, 0.15) is 5.71 Å². The second-order valence-electron chi connectivity index (χ2n) is 12.3. The number of benzene rings is 7. The second kappa shape index (κ2) is 11.9. The monoisotopic (exact) mass is 626 g/mol. The molecule has 4 nitrogen and oxygen atoms in total. The lowest BCUT2D eigenvalue weighted by atomic mass is 9.84. The van der Waals surface area contributed by atoms with Gasteiger partial charge in [0.2, 0.25) is 0 Å². The van der Waals surface area contributed by atoms with E-state index >= 15 is 0 Å². The summed E-state index contributed by atoms with van der Waals surface area (Å²) in [6.07, 6.45) is 9.64. The number of fused-ring (bicyclic) bond motifs is 4. The zero-order valence-electron chi connectivity index (χ0n) is 26.6. The molecule has 2 N–H and O–H groups in total. The number of hydrazone groups is 1. The second-order valence-corrected chi connectivity index (χ2v) is 12.3. The van der Waals surface area contributed by atoms with Crippen molar-refractivity contribution in [3.8, 4) is 22.3 Å². The number of nitrogens with zero attached hydrogens (tertiary/aromatic N) is 2. The predicted molar refractivity (Wildman–Crippen MR) is 207 cm³/mol. The van der Waals surface area contributed by atoms with Gasteiger partial charge < -0.3 is 0 Å². The quantitative estimate of drug-likeness (QED) is 0.113. The topological polar surface area (TPSA) is 61.1 Å². The lowest BCUT2D eigenvalue weighted by Gasteiger charge is -2.20. The molecule has 0 amide bonds. The van der Waals surface area contributed by atoms with E-state index in [2.05, 4.69) is 132 Å². The van der Waals surface area contributed by atoms with E-state index in [9.17, 15) is 0 Å². The molecule has 1 heterocycles. The minimum atomic E-state index is 0.355. The molecule has 1 aromatic heterocycles. The summed E-state index contributed by atoms with van der Waals surface area (Å²) in [5, 5.41) is 23.1. The van der Waals surface area contributed by atoms with E-state index in [1.54, 1.807) is 6.20 Å². The molecule has 1 aliphatic rings. The molecule has 230 valence electrons. The molecule has 0 spiro atoms. The number of hydrogen-bond donors (Lipinski definition) is 2. The molecule has 0 saturated carbocycles. The molecule has 0 bridgehead atoms. The summed E-state index contributed by atoms with van der Waals surface area (Å²) in [4.78, 5) is 4.31. The first-order valence-corrected chi connectivity index (χ1v) is 16.4. The van der Waals surface area contributed by atoms with Crippen LogP contribution in [0, 0.1) is 5.41 Å². The van der Waals surface area contributed by atoms with Crippen molar-refractivity contribution in [3.05, 3.63) is 176 Å². The Kier molecular flexibility index (Phi) is 6.91. The molecule has 8 aromatic rings. The third-order valence-corrected chi connectivity index (χ3v) is 9.45. The van der Waals surface area contributed by atoms with Gasteiger partial charge in [-0.3, -0.25) is 15.8 Å². The summed E-state index contributed by atoms with van der Waals surface area (Å²) in [5.74, 6) is 0. The summed E-state index contributed by atoms with van der Waals surface area (Å²) in [5.41, 5.74) is 11.8. The largest absolute Gasteiger partial charge is 0.299 e. The number of nitrogens with one attached hydrogen (secondary N) is 2. The fraction of sp³-hybridized carbons (Fsp3) is 0. The van der Waals surface area contributed by atoms with E-state index in [1.165, 1.54) is 32.7 Å². The van der Waals surface area contributed by atoms with Crippen LogP contribution < -0.4 is 5.43 Å². The van der Waals surface area contributed by atoms with E-state index in [0.29, 0.717) is 11.4 Å². The van der Waals surface area contributed by atoms with Crippen molar-refractivity contribution in [1.29, 1.82) is 5.41 Å². The first-order valence-electron chi connectivity index (χ1n) is 16.4. The smallest absolute Gasteiger partial charge is 0.108 e. The molecule has 0 saturated heterocycles. The molecule has 0 radical (unpaired) electrons. The van der Waals surface area contributed by atoms with Crippen LogP contribution >= 0.6 is 0 Å². The highest BCUT2D eigenvalue weighted by molar-refractivity contribution is 6.52. The minimum absolute atomic E-state index is 0.355. The molecule has 9 rings (SSSR count). The third-order valence-electron chi connectivity index (χ3n) is 9.45. The van der Waals surface area contributed by atoms with Crippen LogP contribution in [0.25, 0.3) is 70.9 Å². The fourth-order valence-electron chi connectivity index (χ4n) is 7.18. The first-order chi connectivity index (χ1) is 24.2. The summed E-state index contributed by atoms with van der Waals surface area (Å²) in [7, 11) is 0. The molecule has 0 atom stereocenters. The zero-order valence-corrected chi connectivity index (χ0v) is 26.6. The Morgan fingerprint density at radius 3 is 1.88 bits per heavy atom. The van der Waals surface area contributed by atoms with Gasteiger partial charge in [-0.25, -0.2) is 0 Å². The van der Waals surface area contributed by atoms with E-state index < -0.39 is 0 Å². The van der Waals surface area contributed by atoms with Crippen LogP contribution in [-0.4, -0.2) is 16.4 Å². The summed E-state index contributed by atoms with van der Waals surface area (Å²) < 4.78 is 0. The minimum Gasteiger partial charge on any atom is -0.299 e. The Hall–Kier alpha value is -6.65. The molecule has 0 unspecified atom stereocenters. The zero-order chi connectivity index (χ0) is 32.7. The van der Waals surface area contributed by atoms with Gasteiger partial charge in [0.05, 0.1) is 11.4 Å². The molecule has 1 aliphatic carbocycles. The molecular weight excluding hydrogens is 597 g/mol. The van der Waals surface area contributed by atoms with Crippen LogP contribution in [-0.2, 0) is 0 Å². The molecule has 7 aromatic carbocycles. The average molecular weight is 627 g/mol. The van der Waals surface area contributed by atoms with E-state index in [0.717, 1.165) is 49.5 Å². The Bertz CT molecular complexity index is 2640. The van der Waals surface area contributed by atoms with Crippen molar-refractivity contribution in [2.45, 2.75) is 0 Å². The van der Waals surface area contributed by atoms with Gasteiger partial charge in [-0.1, -0.05) is 127 Å². The molecule has 0 aliphatic heterocycles. The summed E-state index contributed by atoms with van der Waals surface area (Å²) in [6, 6.07) is 49.0. The highest BCUT2D eigenvalue weighted by Gasteiger charge is 2.19. The van der Waals surface area contributed by atoms with Crippen molar-refractivity contribution in [2.75, 3.05) is 5.43 Å². The highest BCUT2D eigenvalue weighted by atomic mass is 15.3. The number of aromatic nitrogens is 1. The van der Waals surface area contributed by atoms with E-state index in [1.807, 2.05) is 42.6 Å². The maximum absolute atomic E-state index is 9.07. The lowest BCUT2D eigenvalue weighted by Crippen LogP contribution is -2.14. The number of anilines is 1. The van der Waals surface area contributed by atoms with Crippen LogP contribution in [0.15, 0.2) is 175 Å². The van der Waals surface area contributed by atoms with Crippen molar-refractivity contribution >= 4 is 65.8 Å². The maximum atomic E-state index is 9.07. The number of allylic oxidation sites excluding steroid dienone is 4. The van der Waals surface area contributed by atoms with Crippen molar-refractivity contribution in [2.24, 2.45) is 5.10 Å². The summed E-state index contributed by atoms with van der Waals surface area (Å²) in [6.45, 7) is 0. The lowest BCUT2D eigenvalue weighted by molar-refractivity contribution is 1.33. The van der Waals surface area contributed by atoms with Crippen molar-refractivity contribution < 1.29 is 0 Å². The fourth-order valence-corrected chi connectivity index (χ4v) is 7.18. The van der Waals surface area contributed by atoms with Gasteiger partial charge in [0, 0.05) is 23.3 Å². The van der Waals surface area contributed by atoms with Crippen LogP contribution in [0.5, 0.6) is 0 Å². The van der Waals surface area contributed by atoms with Crippen LogP contribution in [0.1, 0.15) is 5.56 Å². The molecular formula is C45H30N4. The van der Waals surface area contributed by atoms with Crippen LogP contribution in [0.4, 0.5) is 5.69 Å². The molecule has 0 fully saturated rings. The Morgan fingerprint density at radius 1 is 0.531 bits per heavy atom. The van der Waals surface area contributed by atoms with E-state index in [-0.39, 0.29) is 0 Å². The predicted octanol–water partition coefficient (Wildman–Crippen LogP) is 11.5. The van der Waals surface area contributed by atoms with Crippen LogP contribution in [0.2, 0.25) is 0 Å². The van der Waals surface area contributed by atoms with E-state index in [4.69, 9.17) is 10.5 Å². The Labute approximate surface area is 283 Å². The highest BCUT2D eigenvalue weighted by Crippen LogP contribution is 2.43. The van der Waals surface area contributed by atoms with Gasteiger partial charge >= 0.3 is 0 Å². The Balaban J connectivity index is 1.11. The van der Waals surface area contributed by atoms with Crippen molar-refractivity contribution in [1.82, 2.24) is 4.98 Å². The van der Waals surface area contributed by atoms with Gasteiger partial charge in [-0.2, -0.15) is 5.10 Å². The number of rotatable bonds is 5. The normalized spacial score (nSPS) is 13.8.